The fourth-order valence-electron chi connectivity index (χ4n) is 3.57. The normalized spacial score (nSPS) is 17.5. The molecule has 0 aliphatic heterocycles. The molecule has 3 aromatic heterocycles. The Bertz CT molecular complexity index is 1020. The van der Waals surface area contributed by atoms with Crippen molar-refractivity contribution in [3.8, 4) is 5.82 Å². The molecule has 1 aliphatic rings. The molecular formula is C17H17ClN8O. The van der Waals surface area contributed by atoms with E-state index in [0.29, 0.717) is 28.8 Å². The van der Waals surface area contributed by atoms with Crippen molar-refractivity contribution in [1.82, 2.24) is 30.2 Å². The fraction of sp³-hybridized carbons (Fsp3) is 0.294. The zero-order valence-corrected chi connectivity index (χ0v) is 15.5. The number of aromatic nitrogens is 6. The van der Waals surface area contributed by atoms with Gasteiger partial charge in [-0.3, -0.25) is 4.79 Å². The highest BCUT2D eigenvalue weighted by molar-refractivity contribution is 6.32. The molecule has 1 unspecified atom stereocenters. The number of nitrogens with zero attached hydrogens (tertiary/aromatic N) is 6. The molecule has 3 heterocycles. The smallest absolute Gasteiger partial charge is 0.232 e. The van der Waals surface area contributed by atoms with E-state index in [9.17, 15) is 4.79 Å². The average molecular weight is 385 g/mol. The van der Waals surface area contributed by atoms with Gasteiger partial charge in [0.05, 0.1) is 41.4 Å². The summed E-state index contributed by atoms with van der Waals surface area (Å²) in [4.78, 5) is 18.4. The molecule has 138 valence electrons. The zero-order valence-electron chi connectivity index (χ0n) is 14.7. The highest BCUT2D eigenvalue weighted by atomic mass is 35.5. The minimum atomic E-state index is -0.376. The lowest BCUT2D eigenvalue weighted by molar-refractivity contribution is -0.117. The lowest BCUT2D eigenvalue weighted by Gasteiger charge is -2.19. The van der Waals surface area contributed by atoms with E-state index in [-0.39, 0.29) is 17.2 Å². The third-order valence-corrected chi connectivity index (χ3v) is 4.97. The van der Waals surface area contributed by atoms with E-state index >= 15 is 0 Å². The maximum absolute atomic E-state index is 12.9. The highest BCUT2D eigenvalue weighted by Gasteiger charge is 2.42. The van der Waals surface area contributed by atoms with Crippen molar-refractivity contribution in [2.75, 3.05) is 11.1 Å². The number of nitrogen functional groups attached to an aromatic ring is 1. The molecule has 0 saturated heterocycles. The number of hydrogen-bond donors (Lipinski definition) is 2. The first kappa shape index (κ1) is 17.3. The molecule has 0 radical (unpaired) electrons. The van der Waals surface area contributed by atoms with Crippen molar-refractivity contribution in [2.24, 2.45) is 0 Å². The van der Waals surface area contributed by atoms with Crippen molar-refractivity contribution in [2.45, 2.75) is 31.6 Å². The first-order valence-electron chi connectivity index (χ1n) is 8.31. The number of carbonyl (C=O) groups is 1. The maximum Gasteiger partial charge on any atom is 0.232 e. The summed E-state index contributed by atoms with van der Waals surface area (Å²) in [5, 5.41) is 19.0. The molecule has 0 saturated carbocycles. The summed E-state index contributed by atoms with van der Waals surface area (Å²) in [6.45, 7) is 4.09. The van der Waals surface area contributed by atoms with Gasteiger partial charge in [-0.05, 0) is 23.5 Å². The molecule has 0 aromatic carbocycles. The Hall–Kier alpha value is -3.07. The Labute approximate surface area is 160 Å². The largest absolute Gasteiger partial charge is 0.382 e. The second-order valence-electron chi connectivity index (χ2n) is 7.04. The van der Waals surface area contributed by atoms with E-state index in [0.717, 1.165) is 11.1 Å². The lowest BCUT2D eigenvalue weighted by atomic mass is 9.86. The number of hydrogen-bond acceptors (Lipinski definition) is 7. The first-order valence-corrected chi connectivity index (χ1v) is 8.69. The van der Waals surface area contributed by atoms with Gasteiger partial charge in [0.1, 0.15) is 5.82 Å². The lowest BCUT2D eigenvalue weighted by Crippen LogP contribution is -2.21. The van der Waals surface area contributed by atoms with Gasteiger partial charge in [0.25, 0.3) is 0 Å². The summed E-state index contributed by atoms with van der Waals surface area (Å²) >= 11 is 6.26. The molecule has 27 heavy (non-hydrogen) atoms. The van der Waals surface area contributed by atoms with E-state index < -0.39 is 0 Å². The second kappa shape index (κ2) is 6.27. The van der Waals surface area contributed by atoms with E-state index in [1.54, 1.807) is 12.3 Å². The maximum atomic E-state index is 12.9. The van der Waals surface area contributed by atoms with Crippen LogP contribution in [0.25, 0.3) is 5.82 Å². The van der Waals surface area contributed by atoms with Gasteiger partial charge in [0.15, 0.2) is 5.82 Å². The molecule has 4 rings (SSSR count). The number of rotatable bonds is 3. The SMILES string of the molecule is CC1(C)CC(C(=O)Nc2cnc(-n3nccn3)c(Cl)c2)c2cnnc(N)c21. The van der Waals surface area contributed by atoms with E-state index in [2.05, 4.69) is 30.7 Å². The molecular weight excluding hydrogens is 368 g/mol. The van der Waals surface area contributed by atoms with Crippen LogP contribution in [0.15, 0.2) is 30.9 Å². The molecule has 0 bridgehead atoms. The van der Waals surface area contributed by atoms with Crippen molar-refractivity contribution >= 4 is 29.0 Å². The number of carbonyl (C=O) groups excluding carboxylic acids is 1. The van der Waals surface area contributed by atoms with E-state index in [1.807, 2.05) is 13.8 Å². The van der Waals surface area contributed by atoms with Crippen LogP contribution in [0.1, 0.15) is 37.3 Å². The van der Waals surface area contributed by atoms with Crippen LogP contribution in [0.4, 0.5) is 11.5 Å². The number of nitrogens with one attached hydrogen (secondary N) is 1. The van der Waals surface area contributed by atoms with Gasteiger partial charge in [-0.2, -0.15) is 15.3 Å². The summed E-state index contributed by atoms with van der Waals surface area (Å²) in [6.07, 6.45) is 6.80. The van der Waals surface area contributed by atoms with Crippen LogP contribution >= 0.6 is 11.6 Å². The Kier molecular flexibility index (Phi) is 4.03. The molecule has 10 heteroatoms. The van der Waals surface area contributed by atoms with Crippen molar-refractivity contribution in [3.63, 3.8) is 0 Å². The van der Waals surface area contributed by atoms with Crippen LogP contribution in [0.5, 0.6) is 0 Å². The number of halogens is 1. The molecule has 1 amide bonds. The summed E-state index contributed by atoms with van der Waals surface area (Å²) in [5.74, 6) is 0.208. The molecule has 0 spiro atoms. The van der Waals surface area contributed by atoms with Crippen LogP contribution in [-0.4, -0.2) is 36.1 Å². The predicted molar refractivity (Wildman–Crippen MR) is 99.6 cm³/mol. The molecule has 1 aliphatic carbocycles. The Morgan fingerprint density at radius 3 is 2.78 bits per heavy atom. The molecule has 3 aromatic rings. The van der Waals surface area contributed by atoms with Gasteiger partial charge in [0, 0.05) is 5.56 Å². The van der Waals surface area contributed by atoms with Crippen LogP contribution in [0.2, 0.25) is 5.02 Å². The fourth-order valence-corrected chi connectivity index (χ4v) is 3.82. The van der Waals surface area contributed by atoms with E-state index in [4.69, 9.17) is 17.3 Å². The number of fused-ring (bicyclic) bond motifs is 1. The standard InChI is InChI=1S/C17H17ClN8O/c1-17(2)6-10(11-8-21-25-14(19)13(11)17)16(27)24-9-5-12(18)15(20-7-9)26-22-3-4-23-26/h3-5,7-8,10H,6H2,1-2H3,(H2,19,25)(H,24,27). The van der Waals surface area contributed by atoms with Crippen LogP contribution in [0.3, 0.4) is 0 Å². The first-order chi connectivity index (χ1) is 12.9. The summed E-state index contributed by atoms with van der Waals surface area (Å²) in [5.41, 5.74) is 7.92. The zero-order chi connectivity index (χ0) is 19.2. The van der Waals surface area contributed by atoms with Gasteiger partial charge < -0.3 is 11.1 Å². The number of nitrogens with two attached hydrogens (primary N) is 1. The van der Waals surface area contributed by atoms with Gasteiger partial charge in [-0.15, -0.1) is 9.90 Å². The third kappa shape index (κ3) is 2.99. The van der Waals surface area contributed by atoms with Gasteiger partial charge in [0.2, 0.25) is 5.91 Å². The quantitative estimate of drug-likeness (QED) is 0.708. The highest BCUT2D eigenvalue weighted by Crippen LogP contribution is 2.47. The Balaban J connectivity index is 1.59. The van der Waals surface area contributed by atoms with Crippen molar-refractivity contribution in [1.29, 1.82) is 0 Å². The second-order valence-corrected chi connectivity index (χ2v) is 7.45. The van der Waals surface area contributed by atoms with Crippen molar-refractivity contribution < 1.29 is 4.79 Å². The topological polar surface area (TPSA) is 124 Å². The van der Waals surface area contributed by atoms with Gasteiger partial charge >= 0.3 is 0 Å². The molecule has 3 N–H and O–H groups in total. The molecule has 9 nitrogen and oxygen atoms in total. The number of pyridine rings is 1. The van der Waals surface area contributed by atoms with Crippen LogP contribution in [0, 0.1) is 0 Å². The monoisotopic (exact) mass is 384 g/mol. The molecule has 0 fully saturated rings. The minimum Gasteiger partial charge on any atom is -0.382 e. The van der Waals surface area contributed by atoms with Gasteiger partial charge in [-0.1, -0.05) is 25.4 Å². The van der Waals surface area contributed by atoms with Crippen LogP contribution in [-0.2, 0) is 10.2 Å². The number of amides is 1. The van der Waals surface area contributed by atoms with Crippen molar-refractivity contribution in [3.05, 3.63) is 47.0 Å². The van der Waals surface area contributed by atoms with E-state index in [1.165, 1.54) is 23.4 Å². The molecule has 1 atom stereocenters. The summed E-state index contributed by atoms with van der Waals surface area (Å²) in [6, 6.07) is 1.62. The predicted octanol–water partition coefficient (Wildman–Crippen LogP) is 2.09. The van der Waals surface area contributed by atoms with Gasteiger partial charge in [-0.25, -0.2) is 4.98 Å². The Morgan fingerprint density at radius 1 is 1.33 bits per heavy atom. The number of anilines is 2. The summed E-state index contributed by atoms with van der Waals surface area (Å²) < 4.78 is 0. The van der Waals surface area contributed by atoms with Crippen LogP contribution < -0.4 is 11.1 Å². The average Bonchev–Trinajstić information content (AvgIpc) is 3.22. The third-order valence-electron chi connectivity index (χ3n) is 4.69. The minimum absolute atomic E-state index is 0.169. The Morgan fingerprint density at radius 2 is 2.07 bits per heavy atom. The summed E-state index contributed by atoms with van der Waals surface area (Å²) in [7, 11) is 0.